The second-order valence-corrected chi connectivity index (χ2v) is 4.14. The third kappa shape index (κ3) is 6.66. The summed E-state index contributed by atoms with van der Waals surface area (Å²) >= 11 is 0. The first kappa shape index (κ1) is 16.1. The number of methoxy groups -OCH3 is 1. The van der Waals surface area contributed by atoms with Gasteiger partial charge in [0.15, 0.2) is 0 Å². The molecule has 1 aromatic rings. The van der Waals surface area contributed by atoms with E-state index in [0.717, 1.165) is 11.1 Å². The average molecular weight is 269 g/mol. The maximum atomic E-state index is 9.91. The van der Waals surface area contributed by atoms with Crippen molar-refractivity contribution in [3.05, 3.63) is 35.4 Å². The predicted octanol–water partition coefficient (Wildman–Crippen LogP) is 0.858. The number of hydrogen-bond acceptors (Lipinski definition) is 5. The first-order chi connectivity index (χ1) is 9.27. The van der Waals surface area contributed by atoms with E-state index in [-0.39, 0.29) is 6.61 Å². The third-order valence-electron chi connectivity index (χ3n) is 2.68. The molecular formula is C14H23NO4. The van der Waals surface area contributed by atoms with Gasteiger partial charge in [-0.15, -0.1) is 0 Å². The molecule has 1 unspecified atom stereocenters. The lowest BCUT2D eigenvalue weighted by molar-refractivity contribution is -0.00590. The summed E-state index contributed by atoms with van der Waals surface area (Å²) in [5, 5.41) is 9.91. The van der Waals surface area contributed by atoms with E-state index in [0.29, 0.717) is 33.0 Å². The van der Waals surface area contributed by atoms with Crippen molar-refractivity contribution in [1.29, 1.82) is 0 Å². The molecule has 3 N–H and O–H groups in total. The minimum absolute atomic E-state index is 0.260. The van der Waals surface area contributed by atoms with Crippen molar-refractivity contribution >= 4 is 0 Å². The zero-order valence-corrected chi connectivity index (χ0v) is 11.4. The molecule has 0 amide bonds. The first-order valence-corrected chi connectivity index (χ1v) is 6.39. The molecule has 0 spiro atoms. The highest BCUT2D eigenvalue weighted by molar-refractivity contribution is 5.23. The highest BCUT2D eigenvalue weighted by Crippen LogP contribution is 2.13. The topological polar surface area (TPSA) is 73.9 Å². The summed E-state index contributed by atoms with van der Waals surface area (Å²) in [4.78, 5) is 0. The summed E-state index contributed by atoms with van der Waals surface area (Å²) in [6, 6.07) is 7.55. The second-order valence-electron chi connectivity index (χ2n) is 4.14. The maximum absolute atomic E-state index is 9.91. The van der Waals surface area contributed by atoms with Gasteiger partial charge in [0, 0.05) is 13.7 Å². The van der Waals surface area contributed by atoms with E-state index in [1.165, 1.54) is 0 Å². The average Bonchev–Trinajstić information content (AvgIpc) is 2.46. The highest BCUT2D eigenvalue weighted by atomic mass is 16.5. The number of hydrogen-bond donors (Lipinski definition) is 2. The van der Waals surface area contributed by atoms with Gasteiger partial charge in [0.05, 0.1) is 33.0 Å². The maximum Gasteiger partial charge on any atom is 0.102 e. The molecule has 0 aromatic heterocycles. The Bertz CT molecular complexity index is 329. The molecule has 5 nitrogen and oxygen atoms in total. The summed E-state index contributed by atoms with van der Waals surface area (Å²) in [6.45, 7) is 2.87. The van der Waals surface area contributed by atoms with Crippen molar-refractivity contribution in [2.24, 2.45) is 5.73 Å². The lowest BCUT2D eigenvalue weighted by Crippen LogP contribution is -2.12. The van der Waals surface area contributed by atoms with E-state index in [4.69, 9.17) is 19.9 Å². The van der Waals surface area contributed by atoms with Gasteiger partial charge in [0.2, 0.25) is 0 Å². The Morgan fingerprint density at radius 3 is 2.32 bits per heavy atom. The Hall–Kier alpha value is -0.980. The standard InChI is InChI=1S/C14H23NO4/c1-17-6-7-18-8-9-19-11-14(16)13-4-2-12(10-15)3-5-13/h2-5,14,16H,6-11,15H2,1H3. The van der Waals surface area contributed by atoms with E-state index in [1.54, 1.807) is 7.11 Å². The van der Waals surface area contributed by atoms with Crippen LogP contribution in [-0.2, 0) is 20.8 Å². The van der Waals surface area contributed by atoms with Crippen LogP contribution in [0.2, 0.25) is 0 Å². The smallest absolute Gasteiger partial charge is 0.102 e. The zero-order valence-electron chi connectivity index (χ0n) is 11.4. The third-order valence-corrected chi connectivity index (χ3v) is 2.68. The van der Waals surface area contributed by atoms with Crippen molar-refractivity contribution in [3.63, 3.8) is 0 Å². The van der Waals surface area contributed by atoms with Crippen LogP contribution in [-0.4, -0.2) is 45.3 Å². The van der Waals surface area contributed by atoms with Crippen LogP contribution in [0.25, 0.3) is 0 Å². The van der Waals surface area contributed by atoms with Crippen LogP contribution in [0.1, 0.15) is 17.2 Å². The number of aliphatic hydroxyl groups excluding tert-OH is 1. The molecule has 1 rings (SSSR count). The molecule has 0 aliphatic rings. The molecule has 108 valence electrons. The summed E-state index contributed by atoms with van der Waals surface area (Å²) in [7, 11) is 1.63. The van der Waals surface area contributed by atoms with Crippen molar-refractivity contribution in [2.75, 3.05) is 40.1 Å². The summed E-state index contributed by atoms with van der Waals surface area (Å²) in [5.74, 6) is 0. The van der Waals surface area contributed by atoms with Gasteiger partial charge in [-0.2, -0.15) is 0 Å². The molecule has 0 aliphatic heterocycles. The molecule has 1 atom stereocenters. The SMILES string of the molecule is COCCOCCOCC(O)c1ccc(CN)cc1. The van der Waals surface area contributed by atoms with E-state index < -0.39 is 6.10 Å². The van der Waals surface area contributed by atoms with E-state index >= 15 is 0 Å². The normalized spacial score (nSPS) is 12.6. The summed E-state index contributed by atoms with van der Waals surface area (Å²) < 4.78 is 15.4. The molecule has 0 saturated heterocycles. The van der Waals surface area contributed by atoms with Crippen LogP contribution >= 0.6 is 0 Å². The Labute approximate surface area is 114 Å². The summed E-state index contributed by atoms with van der Waals surface area (Å²) in [6.07, 6.45) is -0.620. The van der Waals surface area contributed by atoms with Crippen LogP contribution in [0.4, 0.5) is 0 Å². The minimum atomic E-state index is -0.620. The van der Waals surface area contributed by atoms with Gasteiger partial charge in [-0.05, 0) is 11.1 Å². The van der Waals surface area contributed by atoms with Crippen LogP contribution in [0.5, 0.6) is 0 Å². The lowest BCUT2D eigenvalue weighted by atomic mass is 10.1. The van der Waals surface area contributed by atoms with Crippen LogP contribution in [0.15, 0.2) is 24.3 Å². The fourth-order valence-corrected chi connectivity index (χ4v) is 1.53. The number of nitrogens with two attached hydrogens (primary N) is 1. The van der Waals surface area contributed by atoms with E-state index in [9.17, 15) is 5.11 Å². The van der Waals surface area contributed by atoms with Crippen molar-refractivity contribution in [1.82, 2.24) is 0 Å². The van der Waals surface area contributed by atoms with Crippen LogP contribution < -0.4 is 5.73 Å². The molecular weight excluding hydrogens is 246 g/mol. The number of ether oxygens (including phenoxy) is 3. The quantitative estimate of drug-likeness (QED) is 0.616. The molecule has 0 heterocycles. The Morgan fingerprint density at radius 2 is 1.68 bits per heavy atom. The molecule has 19 heavy (non-hydrogen) atoms. The van der Waals surface area contributed by atoms with Crippen LogP contribution in [0.3, 0.4) is 0 Å². The molecule has 0 fully saturated rings. The van der Waals surface area contributed by atoms with Gasteiger partial charge in [0.1, 0.15) is 6.10 Å². The number of rotatable bonds is 10. The molecule has 0 saturated carbocycles. The van der Waals surface area contributed by atoms with Gasteiger partial charge in [-0.3, -0.25) is 0 Å². The van der Waals surface area contributed by atoms with Crippen LogP contribution in [0, 0.1) is 0 Å². The molecule has 5 heteroatoms. The monoisotopic (exact) mass is 269 g/mol. The van der Waals surface area contributed by atoms with Crippen molar-refractivity contribution in [3.8, 4) is 0 Å². The number of aliphatic hydroxyl groups is 1. The largest absolute Gasteiger partial charge is 0.386 e. The highest BCUT2D eigenvalue weighted by Gasteiger charge is 2.07. The Balaban J connectivity index is 2.14. The minimum Gasteiger partial charge on any atom is -0.386 e. The van der Waals surface area contributed by atoms with Crippen molar-refractivity contribution < 1.29 is 19.3 Å². The number of benzene rings is 1. The first-order valence-electron chi connectivity index (χ1n) is 6.39. The van der Waals surface area contributed by atoms with E-state index in [1.807, 2.05) is 24.3 Å². The molecule has 0 aliphatic carbocycles. The summed E-state index contributed by atoms with van der Waals surface area (Å²) in [5.41, 5.74) is 7.39. The fraction of sp³-hybridized carbons (Fsp3) is 0.571. The van der Waals surface area contributed by atoms with E-state index in [2.05, 4.69) is 0 Å². The predicted molar refractivity (Wildman–Crippen MR) is 72.8 cm³/mol. The second kappa shape index (κ2) is 9.89. The van der Waals surface area contributed by atoms with Crippen molar-refractivity contribution in [2.45, 2.75) is 12.6 Å². The molecule has 1 aromatic carbocycles. The Kier molecular flexibility index (Phi) is 8.36. The lowest BCUT2D eigenvalue weighted by Gasteiger charge is -2.12. The van der Waals surface area contributed by atoms with Gasteiger partial charge < -0.3 is 25.1 Å². The fourth-order valence-electron chi connectivity index (χ4n) is 1.53. The van der Waals surface area contributed by atoms with Gasteiger partial charge in [-0.1, -0.05) is 24.3 Å². The van der Waals surface area contributed by atoms with Gasteiger partial charge in [0.25, 0.3) is 0 Å². The van der Waals surface area contributed by atoms with Gasteiger partial charge in [-0.25, -0.2) is 0 Å². The molecule has 0 radical (unpaired) electrons. The molecule has 0 bridgehead atoms. The zero-order chi connectivity index (χ0) is 13.9. The Morgan fingerprint density at radius 1 is 1.05 bits per heavy atom. The van der Waals surface area contributed by atoms with Gasteiger partial charge >= 0.3 is 0 Å².